The van der Waals surface area contributed by atoms with Crippen LogP contribution in [-0.2, 0) is 9.84 Å². The van der Waals surface area contributed by atoms with E-state index in [1.54, 1.807) is 18.2 Å². The Bertz CT molecular complexity index is 913. The highest BCUT2D eigenvalue weighted by Gasteiger charge is 2.29. The number of aryl methyl sites for hydroxylation is 1. The van der Waals surface area contributed by atoms with Crippen LogP contribution in [0.25, 0.3) is 11.0 Å². The molecule has 22 heavy (non-hydrogen) atoms. The van der Waals surface area contributed by atoms with Crippen LogP contribution in [0.5, 0.6) is 0 Å². The van der Waals surface area contributed by atoms with Crippen molar-refractivity contribution in [3.8, 4) is 0 Å². The van der Waals surface area contributed by atoms with E-state index in [2.05, 4.69) is 5.32 Å². The van der Waals surface area contributed by atoms with Gasteiger partial charge in [0.2, 0.25) is 0 Å². The van der Waals surface area contributed by atoms with Gasteiger partial charge in [0, 0.05) is 12.1 Å². The number of hydrogen-bond acceptors (Lipinski definition) is 5. The molecule has 7 heteroatoms. The maximum atomic E-state index is 12.2. The maximum absolute atomic E-state index is 12.2. The lowest BCUT2D eigenvalue weighted by atomic mass is 10.1. The molecule has 1 fully saturated rings. The number of carbonyl (C=O) groups is 1. The lowest BCUT2D eigenvalue weighted by Gasteiger charge is -2.10. The third-order valence-electron chi connectivity index (χ3n) is 3.68. The van der Waals surface area contributed by atoms with Crippen LogP contribution in [-0.4, -0.2) is 31.9 Å². The molecule has 6 nitrogen and oxygen atoms in total. The molecule has 0 saturated carbocycles. The molecule has 1 atom stereocenters. The van der Waals surface area contributed by atoms with E-state index >= 15 is 0 Å². The fourth-order valence-corrected chi connectivity index (χ4v) is 4.21. The second-order valence-corrected chi connectivity index (χ2v) is 7.78. The minimum Gasteiger partial charge on any atom is -0.451 e. The van der Waals surface area contributed by atoms with Gasteiger partial charge in [-0.15, -0.1) is 0 Å². The Morgan fingerprint density at radius 3 is 2.77 bits per heavy atom. The zero-order chi connectivity index (χ0) is 15.9. The highest BCUT2D eigenvalue weighted by molar-refractivity contribution is 7.91. The molecule has 1 amide bonds. The predicted octanol–water partition coefficient (Wildman–Crippen LogP) is 1.02. The second-order valence-electron chi connectivity index (χ2n) is 5.55. The van der Waals surface area contributed by atoms with Gasteiger partial charge >= 0.3 is 0 Å². The Morgan fingerprint density at radius 2 is 2.09 bits per heavy atom. The second kappa shape index (κ2) is 5.24. The van der Waals surface area contributed by atoms with Crippen LogP contribution in [0.2, 0.25) is 0 Å². The van der Waals surface area contributed by atoms with Gasteiger partial charge in [0.05, 0.1) is 16.9 Å². The van der Waals surface area contributed by atoms with Gasteiger partial charge in [0.15, 0.2) is 21.0 Å². The van der Waals surface area contributed by atoms with E-state index in [0.717, 1.165) is 11.6 Å². The zero-order valence-electron chi connectivity index (χ0n) is 12.0. The van der Waals surface area contributed by atoms with Crippen LogP contribution in [0.1, 0.15) is 22.5 Å². The summed E-state index contributed by atoms with van der Waals surface area (Å²) in [5, 5.41) is 3.01. The van der Waals surface area contributed by atoms with Crippen molar-refractivity contribution in [2.45, 2.75) is 19.4 Å². The van der Waals surface area contributed by atoms with Crippen molar-refractivity contribution in [3.05, 3.63) is 45.8 Å². The van der Waals surface area contributed by atoms with Gasteiger partial charge in [0.25, 0.3) is 5.91 Å². The van der Waals surface area contributed by atoms with Gasteiger partial charge in [-0.1, -0.05) is 6.07 Å². The van der Waals surface area contributed by atoms with E-state index in [1.165, 1.54) is 0 Å². The minimum atomic E-state index is -3.08. The van der Waals surface area contributed by atoms with Gasteiger partial charge in [-0.3, -0.25) is 9.59 Å². The molecule has 1 aromatic carbocycles. The first-order valence-corrected chi connectivity index (χ1v) is 8.72. The largest absolute Gasteiger partial charge is 0.451 e. The van der Waals surface area contributed by atoms with Crippen LogP contribution in [0.4, 0.5) is 0 Å². The Morgan fingerprint density at radius 1 is 1.32 bits per heavy atom. The molecule has 3 rings (SSSR count). The number of carbonyl (C=O) groups excluding carboxylic acids is 1. The molecule has 1 saturated heterocycles. The van der Waals surface area contributed by atoms with Gasteiger partial charge in [-0.05, 0) is 31.0 Å². The summed E-state index contributed by atoms with van der Waals surface area (Å²) < 4.78 is 28.3. The summed E-state index contributed by atoms with van der Waals surface area (Å²) >= 11 is 0. The summed E-state index contributed by atoms with van der Waals surface area (Å²) in [7, 11) is -3.08. The lowest BCUT2D eigenvalue weighted by molar-refractivity contribution is 0.0913. The standard InChI is InChI=1S/C15H15NO5S/c1-9-2-3-11-12(17)7-14(21-13(11)6-9)15(18)16-10-4-5-22(19,20)8-10/h2-3,6-7,10H,4-5,8H2,1H3,(H,16,18)/t10-/m0/s1. The summed E-state index contributed by atoms with van der Waals surface area (Å²) in [4.78, 5) is 24.2. The summed E-state index contributed by atoms with van der Waals surface area (Å²) in [6, 6.07) is 5.84. The van der Waals surface area contributed by atoms with Crippen molar-refractivity contribution in [2.75, 3.05) is 11.5 Å². The van der Waals surface area contributed by atoms with Crippen LogP contribution in [0.3, 0.4) is 0 Å². The van der Waals surface area contributed by atoms with Crippen LogP contribution in [0.15, 0.2) is 33.5 Å². The quantitative estimate of drug-likeness (QED) is 0.891. The number of rotatable bonds is 2. The van der Waals surface area contributed by atoms with Gasteiger partial charge in [0.1, 0.15) is 5.58 Å². The summed E-state index contributed by atoms with van der Waals surface area (Å²) in [6.07, 6.45) is 0.380. The molecule has 2 heterocycles. The highest BCUT2D eigenvalue weighted by atomic mass is 32.2. The molecule has 0 unspecified atom stereocenters. The molecule has 0 spiro atoms. The Labute approximate surface area is 127 Å². The SMILES string of the molecule is Cc1ccc2c(=O)cc(C(=O)N[C@H]3CCS(=O)(=O)C3)oc2c1. The number of sulfone groups is 1. The van der Waals surface area contributed by atoms with Gasteiger partial charge in [-0.2, -0.15) is 0 Å². The fourth-order valence-electron chi connectivity index (χ4n) is 2.54. The first kappa shape index (κ1) is 14.8. The third-order valence-corrected chi connectivity index (χ3v) is 5.44. The predicted molar refractivity (Wildman–Crippen MR) is 81.7 cm³/mol. The molecule has 1 aromatic heterocycles. The van der Waals surface area contributed by atoms with Gasteiger partial charge in [-0.25, -0.2) is 8.42 Å². The molecule has 1 N–H and O–H groups in total. The molecule has 1 aliphatic rings. The van der Waals surface area contributed by atoms with Crippen molar-refractivity contribution in [1.29, 1.82) is 0 Å². The zero-order valence-corrected chi connectivity index (χ0v) is 12.8. The van der Waals surface area contributed by atoms with Crippen molar-refractivity contribution < 1.29 is 17.6 Å². The number of hydrogen-bond donors (Lipinski definition) is 1. The number of nitrogens with one attached hydrogen (secondary N) is 1. The van der Waals surface area contributed by atoms with Crippen LogP contribution >= 0.6 is 0 Å². The van der Waals surface area contributed by atoms with E-state index in [0.29, 0.717) is 17.4 Å². The number of benzene rings is 1. The van der Waals surface area contributed by atoms with Crippen molar-refractivity contribution in [3.63, 3.8) is 0 Å². The first-order chi connectivity index (χ1) is 10.3. The van der Waals surface area contributed by atoms with E-state index in [1.807, 2.05) is 6.92 Å². The molecule has 0 radical (unpaired) electrons. The number of amides is 1. The molecule has 2 aromatic rings. The average molecular weight is 321 g/mol. The first-order valence-electron chi connectivity index (χ1n) is 6.90. The molecular weight excluding hydrogens is 306 g/mol. The average Bonchev–Trinajstić information content (AvgIpc) is 2.77. The fraction of sp³-hybridized carbons (Fsp3) is 0.333. The minimum absolute atomic E-state index is 0.0683. The topological polar surface area (TPSA) is 93.5 Å². The summed E-state index contributed by atoms with van der Waals surface area (Å²) in [5.41, 5.74) is 0.956. The van der Waals surface area contributed by atoms with Crippen molar-refractivity contribution in [1.82, 2.24) is 5.32 Å². The lowest BCUT2D eigenvalue weighted by Crippen LogP contribution is -2.35. The van der Waals surface area contributed by atoms with Crippen molar-refractivity contribution >= 4 is 26.7 Å². The third kappa shape index (κ3) is 2.89. The molecule has 0 bridgehead atoms. The monoisotopic (exact) mass is 321 g/mol. The Kier molecular flexibility index (Phi) is 3.52. The van der Waals surface area contributed by atoms with E-state index in [4.69, 9.17) is 4.42 Å². The van der Waals surface area contributed by atoms with Gasteiger partial charge < -0.3 is 9.73 Å². The van der Waals surface area contributed by atoms with E-state index in [9.17, 15) is 18.0 Å². The maximum Gasteiger partial charge on any atom is 0.287 e. The molecule has 0 aliphatic carbocycles. The summed E-state index contributed by atoms with van der Waals surface area (Å²) in [6.45, 7) is 1.86. The van der Waals surface area contributed by atoms with E-state index in [-0.39, 0.29) is 22.7 Å². The van der Waals surface area contributed by atoms with Crippen molar-refractivity contribution in [2.24, 2.45) is 0 Å². The molecule has 116 valence electrons. The Balaban J connectivity index is 1.90. The summed E-state index contributed by atoms with van der Waals surface area (Å²) in [5.74, 6) is -0.677. The van der Waals surface area contributed by atoms with E-state index < -0.39 is 21.8 Å². The van der Waals surface area contributed by atoms with Crippen LogP contribution in [0, 0.1) is 6.92 Å². The smallest absolute Gasteiger partial charge is 0.287 e. The molecule has 1 aliphatic heterocycles. The highest BCUT2D eigenvalue weighted by Crippen LogP contribution is 2.16. The molecular formula is C15H15NO5S. The van der Waals surface area contributed by atoms with Crippen LogP contribution < -0.4 is 10.7 Å². The normalized spacial score (nSPS) is 20.1. The number of fused-ring (bicyclic) bond motifs is 1. The Hall–Kier alpha value is -2.15.